The molecule has 0 aliphatic heterocycles. The van der Waals surface area contributed by atoms with Crippen molar-refractivity contribution in [3.8, 4) is 10.6 Å². The largest absolute Gasteiger partial charge is 0.478 e. The van der Waals surface area contributed by atoms with E-state index in [4.69, 9.17) is 4.98 Å². The average Bonchev–Trinajstić information content (AvgIpc) is 3.10. The van der Waals surface area contributed by atoms with Gasteiger partial charge in [0.25, 0.3) is 0 Å². The molecule has 1 N–H and O–H groups in total. The van der Waals surface area contributed by atoms with Crippen molar-refractivity contribution in [2.75, 3.05) is 0 Å². The summed E-state index contributed by atoms with van der Waals surface area (Å²) in [5.41, 5.74) is 3.87. The summed E-state index contributed by atoms with van der Waals surface area (Å²) in [6.45, 7) is 1.71. The number of aromatic carboxylic acids is 1. The van der Waals surface area contributed by atoms with Crippen molar-refractivity contribution in [1.82, 2.24) is 15.0 Å². The molecule has 3 aromatic heterocycles. The van der Waals surface area contributed by atoms with Crippen LogP contribution in [0.25, 0.3) is 21.6 Å². The first-order chi connectivity index (χ1) is 12.6. The van der Waals surface area contributed by atoms with Crippen molar-refractivity contribution in [2.45, 2.75) is 13.3 Å². The van der Waals surface area contributed by atoms with E-state index in [9.17, 15) is 9.90 Å². The highest BCUT2D eigenvalue weighted by Gasteiger charge is 2.20. The van der Waals surface area contributed by atoms with Gasteiger partial charge in [0.15, 0.2) is 5.65 Å². The molecule has 0 saturated carbocycles. The van der Waals surface area contributed by atoms with E-state index in [0.29, 0.717) is 23.3 Å². The van der Waals surface area contributed by atoms with Crippen LogP contribution in [-0.4, -0.2) is 26.0 Å². The zero-order chi connectivity index (χ0) is 18.1. The smallest absolute Gasteiger partial charge is 0.337 e. The summed E-state index contributed by atoms with van der Waals surface area (Å²) in [5, 5.41) is 13.3. The normalized spacial score (nSPS) is 11.0. The molecule has 26 heavy (non-hydrogen) atoms. The molecule has 0 aliphatic rings. The van der Waals surface area contributed by atoms with E-state index in [-0.39, 0.29) is 5.56 Å². The number of aromatic nitrogens is 3. The van der Waals surface area contributed by atoms with Crippen LogP contribution in [0.3, 0.4) is 0 Å². The minimum absolute atomic E-state index is 0.236. The fourth-order valence-corrected chi connectivity index (χ4v) is 3.87. The minimum Gasteiger partial charge on any atom is -0.478 e. The molecule has 0 aliphatic carbocycles. The van der Waals surface area contributed by atoms with Crippen LogP contribution in [0, 0.1) is 6.92 Å². The summed E-state index contributed by atoms with van der Waals surface area (Å²) in [7, 11) is 0. The van der Waals surface area contributed by atoms with Crippen molar-refractivity contribution in [3.05, 3.63) is 76.6 Å². The summed E-state index contributed by atoms with van der Waals surface area (Å²) in [6.07, 6.45) is 2.09. The zero-order valence-electron chi connectivity index (χ0n) is 14.0. The number of hydrogen-bond acceptors (Lipinski definition) is 5. The predicted octanol–water partition coefficient (Wildman–Crippen LogP) is 4.35. The molecular weight excluding hydrogens is 346 g/mol. The molecule has 0 atom stereocenters. The van der Waals surface area contributed by atoms with Gasteiger partial charge in [0.1, 0.15) is 5.01 Å². The molecule has 6 heteroatoms. The number of thiazole rings is 1. The Labute approximate surface area is 154 Å². The van der Waals surface area contributed by atoms with Crippen molar-refractivity contribution in [3.63, 3.8) is 0 Å². The number of fused-ring (bicyclic) bond motifs is 1. The molecule has 0 bridgehead atoms. The van der Waals surface area contributed by atoms with E-state index in [2.05, 4.69) is 9.97 Å². The minimum atomic E-state index is -0.978. The molecular formula is C20H15N3O2S. The first-order valence-electron chi connectivity index (χ1n) is 8.11. The number of carboxylic acids is 1. The Balaban J connectivity index is 1.81. The van der Waals surface area contributed by atoms with Gasteiger partial charge in [0.2, 0.25) is 0 Å². The number of pyridine rings is 2. The molecule has 0 unspecified atom stereocenters. The number of aryl methyl sites for hydroxylation is 1. The lowest BCUT2D eigenvalue weighted by atomic mass is 9.98. The highest BCUT2D eigenvalue weighted by molar-refractivity contribution is 7.13. The number of carbonyl (C=O) groups is 1. The van der Waals surface area contributed by atoms with E-state index in [1.165, 1.54) is 0 Å². The Morgan fingerprint density at radius 2 is 1.92 bits per heavy atom. The maximum atomic E-state index is 11.8. The second kappa shape index (κ2) is 6.65. The lowest BCUT2D eigenvalue weighted by Gasteiger charge is -2.11. The molecule has 1 aromatic carbocycles. The Morgan fingerprint density at radius 1 is 1.12 bits per heavy atom. The molecule has 3 heterocycles. The van der Waals surface area contributed by atoms with Crippen molar-refractivity contribution in [2.24, 2.45) is 0 Å². The van der Waals surface area contributed by atoms with Gasteiger partial charge in [0.05, 0.1) is 17.0 Å². The van der Waals surface area contributed by atoms with Crippen LogP contribution in [0.5, 0.6) is 0 Å². The topological polar surface area (TPSA) is 76.0 Å². The first kappa shape index (κ1) is 16.4. The average molecular weight is 361 g/mol. The molecule has 0 radical (unpaired) electrons. The van der Waals surface area contributed by atoms with Crippen LogP contribution in [-0.2, 0) is 6.42 Å². The van der Waals surface area contributed by atoms with E-state index >= 15 is 0 Å². The van der Waals surface area contributed by atoms with Gasteiger partial charge in [-0.25, -0.2) is 19.7 Å². The summed E-state index contributed by atoms with van der Waals surface area (Å²) < 4.78 is 0. The molecule has 0 spiro atoms. The van der Waals surface area contributed by atoms with Crippen LogP contribution < -0.4 is 0 Å². The second-order valence-corrected chi connectivity index (χ2v) is 6.78. The van der Waals surface area contributed by atoms with Gasteiger partial charge < -0.3 is 5.11 Å². The molecule has 4 aromatic rings. The Morgan fingerprint density at radius 3 is 2.69 bits per heavy atom. The van der Waals surface area contributed by atoms with Gasteiger partial charge >= 0.3 is 5.97 Å². The van der Waals surface area contributed by atoms with Crippen molar-refractivity contribution < 1.29 is 9.90 Å². The molecule has 128 valence electrons. The highest BCUT2D eigenvalue weighted by Crippen LogP contribution is 2.28. The Kier molecular flexibility index (Phi) is 4.18. The van der Waals surface area contributed by atoms with Crippen LogP contribution in [0.15, 0.2) is 54.0 Å². The van der Waals surface area contributed by atoms with Gasteiger partial charge in [0, 0.05) is 28.9 Å². The third-order valence-corrected chi connectivity index (χ3v) is 5.13. The second-order valence-electron chi connectivity index (χ2n) is 5.92. The zero-order valence-corrected chi connectivity index (χ0v) is 14.8. The molecule has 0 fully saturated rings. The molecule has 4 rings (SSSR count). The van der Waals surface area contributed by atoms with E-state index in [0.717, 1.165) is 21.7 Å². The van der Waals surface area contributed by atoms with Gasteiger partial charge in [-0.05, 0) is 24.6 Å². The van der Waals surface area contributed by atoms with Gasteiger partial charge in [-0.1, -0.05) is 30.3 Å². The standard InChI is InChI=1S/C20H15N3O2S/c1-12-17(20(24)25)16(15-8-5-9-21-18(15)22-12)10-14-11-26-19(23-14)13-6-3-2-4-7-13/h2-9,11H,10H2,1H3,(H,24,25). The lowest BCUT2D eigenvalue weighted by Crippen LogP contribution is -2.09. The van der Waals surface area contributed by atoms with Crippen LogP contribution in [0.2, 0.25) is 0 Å². The molecule has 5 nitrogen and oxygen atoms in total. The Hall–Kier alpha value is -3.12. The number of nitrogens with zero attached hydrogens (tertiary/aromatic N) is 3. The van der Waals surface area contributed by atoms with Gasteiger partial charge in [-0.15, -0.1) is 11.3 Å². The van der Waals surface area contributed by atoms with E-state index in [1.807, 2.05) is 41.8 Å². The lowest BCUT2D eigenvalue weighted by molar-refractivity contribution is 0.0695. The fraction of sp³-hybridized carbons (Fsp3) is 0.100. The van der Waals surface area contributed by atoms with Gasteiger partial charge in [-0.2, -0.15) is 0 Å². The number of hydrogen-bond donors (Lipinski definition) is 1. The quantitative estimate of drug-likeness (QED) is 0.585. The maximum Gasteiger partial charge on any atom is 0.337 e. The van der Waals surface area contributed by atoms with E-state index in [1.54, 1.807) is 30.5 Å². The van der Waals surface area contributed by atoms with Crippen LogP contribution in [0.4, 0.5) is 0 Å². The third kappa shape index (κ3) is 2.95. The fourth-order valence-electron chi connectivity index (χ4n) is 3.04. The predicted molar refractivity (Wildman–Crippen MR) is 102 cm³/mol. The van der Waals surface area contributed by atoms with E-state index < -0.39 is 5.97 Å². The van der Waals surface area contributed by atoms with Gasteiger partial charge in [-0.3, -0.25) is 0 Å². The highest BCUT2D eigenvalue weighted by atomic mass is 32.1. The van der Waals surface area contributed by atoms with Crippen LogP contribution in [0.1, 0.15) is 27.3 Å². The number of rotatable bonds is 4. The number of benzene rings is 1. The monoisotopic (exact) mass is 361 g/mol. The Bertz CT molecular complexity index is 1110. The molecule has 0 saturated heterocycles. The van der Waals surface area contributed by atoms with Crippen molar-refractivity contribution in [1.29, 1.82) is 0 Å². The number of carboxylic acid groups (broad SMARTS) is 1. The first-order valence-corrected chi connectivity index (χ1v) is 8.99. The third-order valence-electron chi connectivity index (χ3n) is 4.19. The van der Waals surface area contributed by atoms with Crippen molar-refractivity contribution >= 4 is 28.3 Å². The summed E-state index contributed by atoms with van der Waals surface area (Å²) >= 11 is 1.56. The molecule has 0 amide bonds. The van der Waals surface area contributed by atoms with Crippen LogP contribution >= 0.6 is 11.3 Å². The SMILES string of the molecule is Cc1nc2ncccc2c(Cc2csc(-c3ccccc3)n2)c1C(=O)O. The maximum absolute atomic E-state index is 11.8. The summed E-state index contributed by atoms with van der Waals surface area (Å²) in [6, 6.07) is 13.6. The summed E-state index contributed by atoms with van der Waals surface area (Å²) in [5.74, 6) is -0.978. The summed E-state index contributed by atoms with van der Waals surface area (Å²) in [4.78, 5) is 25.1.